The number of hydrogen-bond donors (Lipinski definition) is 1. The summed E-state index contributed by atoms with van der Waals surface area (Å²) < 4.78 is 0. The highest BCUT2D eigenvalue weighted by Crippen LogP contribution is 2.30. The standard InChI is InChI=1S/C14H23N/c1-12-10-11-15-14(12)13-8-6-4-2-3-5-7-9-13/h10-11,13,15H,2-9H2,1H3. The summed E-state index contributed by atoms with van der Waals surface area (Å²) in [7, 11) is 0. The first-order chi connectivity index (χ1) is 7.38. The number of H-pyrrole nitrogens is 1. The molecule has 0 atom stereocenters. The maximum Gasteiger partial charge on any atom is 0.0208 e. The van der Waals surface area contributed by atoms with Crippen LogP contribution < -0.4 is 0 Å². The average Bonchev–Trinajstić information content (AvgIpc) is 2.68. The Labute approximate surface area is 93.3 Å². The number of hydrogen-bond acceptors (Lipinski definition) is 0. The summed E-state index contributed by atoms with van der Waals surface area (Å²) in [4.78, 5) is 3.44. The highest BCUT2D eigenvalue weighted by molar-refractivity contribution is 5.22. The highest BCUT2D eigenvalue weighted by Gasteiger charge is 2.15. The van der Waals surface area contributed by atoms with Gasteiger partial charge >= 0.3 is 0 Å². The van der Waals surface area contributed by atoms with Crippen molar-refractivity contribution >= 4 is 0 Å². The van der Waals surface area contributed by atoms with Crippen molar-refractivity contribution in [2.45, 2.75) is 64.2 Å². The molecule has 1 nitrogen and oxygen atoms in total. The van der Waals surface area contributed by atoms with Gasteiger partial charge in [0.15, 0.2) is 0 Å². The zero-order valence-corrected chi connectivity index (χ0v) is 9.89. The van der Waals surface area contributed by atoms with Crippen molar-refractivity contribution < 1.29 is 0 Å². The molecule has 0 unspecified atom stereocenters. The molecular weight excluding hydrogens is 182 g/mol. The van der Waals surface area contributed by atoms with E-state index in [-0.39, 0.29) is 0 Å². The lowest BCUT2D eigenvalue weighted by Gasteiger charge is -2.15. The maximum atomic E-state index is 3.44. The molecule has 0 aromatic carbocycles. The Kier molecular flexibility index (Phi) is 3.87. The Hall–Kier alpha value is -0.720. The lowest BCUT2D eigenvalue weighted by molar-refractivity contribution is 0.528. The summed E-state index contributed by atoms with van der Waals surface area (Å²) in [5.74, 6) is 0.804. The fourth-order valence-electron chi connectivity index (χ4n) is 2.82. The minimum atomic E-state index is 0.804. The number of rotatable bonds is 1. The second-order valence-electron chi connectivity index (χ2n) is 4.97. The van der Waals surface area contributed by atoms with Gasteiger partial charge in [0, 0.05) is 11.9 Å². The number of aryl methyl sites for hydroxylation is 1. The molecule has 1 aliphatic rings. The molecule has 0 bridgehead atoms. The summed E-state index contributed by atoms with van der Waals surface area (Å²) in [6.45, 7) is 2.23. The molecule has 1 saturated carbocycles. The summed E-state index contributed by atoms with van der Waals surface area (Å²) in [5.41, 5.74) is 2.97. The van der Waals surface area contributed by atoms with Crippen LogP contribution in [0.1, 0.15) is 68.5 Å². The van der Waals surface area contributed by atoms with Crippen molar-refractivity contribution in [3.05, 3.63) is 23.5 Å². The lowest BCUT2D eigenvalue weighted by atomic mass is 9.92. The summed E-state index contributed by atoms with van der Waals surface area (Å²) >= 11 is 0. The molecule has 1 fully saturated rings. The number of nitrogens with one attached hydrogen (secondary N) is 1. The van der Waals surface area contributed by atoms with Crippen LogP contribution in [0.2, 0.25) is 0 Å². The van der Waals surface area contributed by atoms with Gasteiger partial charge in [-0.25, -0.2) is 0 Å². The van der Waals surface area contributed by atoms with Crippen LogP contribution in [0, 0.1) is 6.92 Å². The van der Waals surface area contributed by atoms with Crippen LogP contribution in [0.5, 0.6) is 0 Å². The molecule has 0 spiro atoms. The van der Waals surface area contributed by atoms with Crippen LogP contribution in [-0.2, 0) is 0 Å². The molecular formula is C14H23N. The Morgan fingerprint density at radius 3 is 2.13 bits per heavy atom. The third-order valence-electron chi connectivity index (χ3n) is 3.76. The van der Waals surface area contributed by atoms with Gasteiger partial charge < -0.3 is 4.98 Å². The van der Waals surface area contributed by atoms with E-state index in [9.17, 15) is 0 Å². The Balaban J connectivity index is 2.02. The molecule has 1 heterocycles. The van der Waals surface area contributed by atoms with Crippen molar-refractivity contribution in [2.24, 2.45) is 0 Å². The van der Waals surface area contributed by atoms with Gasteiger partial charge in [0.25, 0.3) is 0 Å². The quantitative estimate of drug-likeness (QED) is 0.692. The first-order valence-corrected chi connectivity index (χ1v) is 6.52. The van der Waals surface area contributed by atoms with E-state index in [1.54, 1.807) is 0 Å². The minimum Gasteiger partial charge on any atom is -0.365 e. The molecule has 1 heteroatoms. The van der Waals surface area contributed by atoms with Gasteiger partial charge in [-0.2, -0.15) is 0 Å². The third kappa shape index (κ3) is 2.87. The van der Waals surface area contributed by atoms with Gasteiger partial charge in [-0.15, -0.1) is 0 Å². The lowest BCUT2D eigenvalue weighted by Crippen LogP contribution is -2.01. The van der Waals surface area contributed by atoms with E-state index in [1.807, 2.05) is 0 Å². The van der Waals surface area contributed by atoms with Crippen LogP contribution in [0.25, 0.3) is 0 Å². The first kappa shape index (κ1) is 10.8. The molecule has 0 saturated heterocycles. The van der Waals surface area contributed by atoms with Crippen molar-refractivity contribution in [1.82, 2.24) is 4.98 Å². The molecule has 0 radical (unpaired) electrons. The topological polar surface area (TPSA) is 15.8 Å². The van der Waals surface area contributed by atoms with Crippen LogP contribution >= 0.6 is 0 Å². The van der Waals surface area contributed by atoms with Crippen LogP contribution in [-0.4, -0.2) is 4.98 Å². The van der Waals surface area contributed by atoms with Gasteiger partial charge in [-0.05, 0) is 37.3 Å². The van der Waals surface area contributed by atoms with Crippen molar-refractivity contribution in [3.63, 3.8) is 0 Å². The van der Waals surface area contributed by atoms with E-state index in [2.05, 4.69) is 24.2 Å². The third-order valence-corrected chi connectivity index (χ3v) is 3.76. The van der Waals surface area contributed by atoms with E-state index in [0.29, 0.717) is 0 Å². The minimum absolute atomic E-state index is 0.804. The van der Waals surface area contributed by atoms with Gasteiger partial charge in [0.05, 0.1) is 0 Å². The largest absolute Gasteiger partial charge is 0.365 e. The highest BCUT2D eigenvalue weighted by atomic mass is 14.7. The maximum absolute atomic E-state index is 3.44. The molecule has 84 valence electrons. The molecule has 1 N–H and O–H groups in total. The van der Waals surface area contributed by atoms with Crippen LogP contribution in [0.4, 0.5) is 0 Å². The fraction of sp³-hybridized carbons (Fsp3) is 0.714. The molecule has 1 aliphatic carbocycles. The normalized spacial score (nSPS) is 20.6. The summed E-state index contributed by atoms with van der Waals surface area (Å²) in [5, 5.41) is 0. The van der Waals surface area contributed by atoms with Gasteiger partial charge in [0.1, 0.15) is 0 Å². The predicted octanol–water partition coefficient (Wildman–Crippen LogP) is 4.54. The fourth-order valence-corrected chi connectivity index (χ4v) is 2.82. The Bertz CT molecular complexity index is 277. The Morgan fingerprint density at radius 2 is 1.60 bits per heavy atom. The van der Waals surface area contributed by atoms with E-state index >= 15 is 0 Å². The monoisotopic (exact) mass is 205 g/mol. The second-order valence-corrected chi connectivity index (χ2v) is 4.97. The van der Waals surface area contributed by atoms with E-state index in [4.69, 9.17) is 0 Å². The van der Waals surface area contributed by atoms with Gasteiger partial charge in [0.2, 0.25) is 0 Å². The van der Waals surface area contributed by atoms with E-state index in [1.165, 1.54) is 62.6 Å². The molecule has 1 aromatic rings. The summed E-state index contributed by atoms with van der Waals surface area (Å²) in [6, 6.07) is 2.21. The first-order valence-electron chi connectivity index (χ1n) is 6.52. The van der Waals surface area contributed by atoms with Crippen LogP contribution in [0.3, 0.4) is 0 Å². The zero-order valence-electron chi connectivity index (χ0n) is 9.89. The molecule has 0 amide bonds. The number of aromatic amines is 1. The SMILES string of the molecule is Cc1cc[nH]c1C1CCCCCCCC1. The summed E-state index contributed by atoms with van der Waals surface area (Å²) in [6.07, 6.45) is 13.5. The van der Waals surface area contributed by atoms with E-state index < -0.39 is 0 Å². The average molecular weight is 205 g/mol. The second kappa shape index (κ2) is 5.39. The predicted molar refractivity (Wildman–Crippen MR) is 65.2 cm³/mol. The molecule has 0 aliphatic heterocycles. The molecule has 15 heavy (non-hydrogen) atoms. The van der Waals surface area contributed by atoms with Crippen LogP contribution in [0.15, 0.2) is 12.3 Å². The van der Waals surface area contributed by atoms with E-state index in [0.717, 1.165) is 5.92 Å². The van der Waals surface area contributed by atoms with Crippen molar-refractivity contribution in [3.8, 4) is 0 Å². The smallest absolute Gasteiger partial charge is 0.0208 e. The Morgan fingerprint density at radius 1 is 1.00 bits per heavy atom. The zero-order chi connectivity index (χ0) is 10.5. The molecule has 2 rings (SSSR count). The van der Waals surface area contributed by atoms with Crippen molar-refractivity contribution in [2.75, 3.05) is 0 Å². The van der Waals surface area contributed by atoms with Crippen molar-refractivity contribution in [1.29, 1.82) is 0 Å². The van der Waals surface area contributed by atoms with Gasteiger partial charge in [-0.3, -0.25) is 0 Å². The van der Waals surface area contributed by atoms with Gasteiger partial charge in [-0.1, -0.05) is 38.5 Å². The number of aromatic nitrogens is 1. The molecule has 1 aromatic heterocycles.